The lowest BCUT2D eigenvalue weighted by Gasteiger charge is -2.34. The summed E-state index contributed by atoms with van der Waals surface area (Å²) in [6, 6.07) is 10.2. The van der Waals surface area contributed by atoms with Crippen LogP contribution in [0.15, 0.2) is 36.4 Å². The molecule has 0 heterocycles. The molecule has 0 aromatic heterocycles. The van der Waals surface area contributed by atoms with Crippen LogP contribution in [0.2, 0.25) is 0 Å². The van der Waals surface area contributed by atoms with Gasteiger partial charge in [-0.25, -0.2) is 8.78 Å². The highest BCUT2D eigenvalue weighted by Gasteiger charge is 2.35. The van der Waals surface area contributed by atoms with Crippen LogP contribution >= 0.6 is 0 Å². The number of rotatable bonds is 3. The average molecular weight is 302 g/mol. The van der Waals surface area contributed by atoms with Crippen LogP contribution in [-0.2, 0) is 24.9 Å². The first kappa shape index (κ1) is 15.2. The quantitative estimate of drug-likeness (QED) is 0.896. The number of benzene rings is 2. The largest absolute Gasteiger partial charge is 0.385 e. The van der Waals surface area contributed by atoms with E-state index in [1.54, 1.807) is 0 Å². The molecule has 2 aromatic carbocycles. The van der Waals surface area contributed by atoms with Gasteiger partial charge in [-0.15, -0.1) is 0 Å². The molecule has 1 unspecified atom stereocenters. The maximum atomic E-state index is 13.8. The Balaban J connectivity index is 1.91. The standard InChI is InChI=1S/C19H20F2O/c1-2-3-13-4-6-15(7-5-13)19(22)9-8-17-14(12-19)10-16(20)11-18(17)21/h4-7,10-11,22H,2-3,8-9,12H2,1H3. The van der Waals surface area contributed by atoms with Crippen molar-refractivity contribution in [2.75, 3.05) is 0 Å². The van der Waals surface area contributed by atoms with Crippen molar-refractivity contribution in [3.63, 3.8) is 0 Å². The summed E-state index contributed by atoms with van der Waals surface area (Å²) in [5, 5.41) is 10.9. The topological polar surface area (TPSA) is 20.2 Å². The van der Waals surface area contributed by atoms with Crippen LogP contribution in [0.25, 0.3) is 0 Å². The van der Waals surface area contributed by atoms with Gasteiger partial charge in [-0.3, -0.25) is 0 Å². The Kier molecular flexibility index (Phi) is 4.00. The summed E-state index contributed by atoms with van der Waals surface area (Å²) >= 11 is 0. The van der Waals surface area contributed by atoms with E-state index in [1.165, 1.54) is 11.6 Å². The van der Waals surface area contributed by atoms with E-state index in [4.69, 9.17) is 0 Å². The first-order valence-corrected chi connectivity index (χ1v) is 7.80. The molecule has 3 rings (SSSR count). The van der Waals surface area contributed by atoms with Crippen molar-refractivity contribution in [2.45, 2.75) is 44.6 Å². The van der Waals surface area contributed by atoms with Crippen LogP contribution in [0.4, 0.5) is 8.78 Å². The molecule has 0 spiro atoms. The molecule has 0 saturated heterocycles. The minimum Gasteiger partial charge on any atom is -0.385 e. The predicted octanol–water partition coefficient (Wildman–Crippen LogP) is 4.29. The molecule has 0 fully saturated rings. The van der Waals surface area contributed by atoms with Crippen molar-refractivity contribution in [1.82, 2.24) is 0 Å². The van der Waals surface area contributed by atoms with Crippen molar-refractivity contribution in [2.24, 2.45) is 0 Å². The second kappa shape index (κ2) is 5.81. The summed E-state index contributed by atoms with van der Waals surface area (Å²) in [6.45, 7) is 2.13. The van der Waals surface area contributed by atoms with Gasteiger partial charge in [0.15, 0.2) is 0 Å². The van der Waals surface area contributed by atoms with Crippen molar-refractivity contribution in [1.29, 1.82) is 0 Å². The van der Waals surface area contributed by atoms with E-state index in [0.717, 1.165) is 24.5 Å². The lowest BCUT2D eigenvalue weighted by Crippen LogP contribution is -2.33. The third-order valence-electron chi connectivity index (χ3n) is 4.55. The van der Waals surface area contributed by atoms with Gasteiger partial charge in [0.05, 0.1) is 5.60 Å². The van der Waals surface area contributed by atoms with Gasteiger partial charge >= 0.3 is 0 Å². The van der Waals surface area contributed by atoms with Gasteiger partial charge < -0.3 is 5.11 Å². The summed E-state index contributed by atoms with van der Waals surface area (Å²) < 4.78 is 27.2. The van der Waals surface area contributed by atoms with E-state index >= 15 is 0 Å². The summed E-state index contributed by atoms with van der Waals surface area (Å²) in [7, 11) is 0. The fourth-order valence-electron chi connectivity index (χ4n) is 3.35. The number of aryl methyl sites for hydroxylation is 1. The van der Waals surface area contributed by atoms with Gasteiger partial charge in [-0.2, -0.15) is 0 Å². The molecule has 0 saturated carbocycles. The second-order valence-electron chi connectivity index (χ2n) is 6.18. The molecular formula is C19H20F2O. The van der Waals surface area contributed by atoms with E-state index in [-0.39, 0.29) is 6.42 Å². The summed E-state index contributed by atoms with van der Waals surface area (Å²) in [4.78, 5) is 0. The van der Waals surface area contributed by atoms with Crippen molar-refractivity contribution in [3.05, 3.63) is 70.3 Å². The third kappa shape index (κ3) is 2.78. The highest BCUT2D eigenvalue weighted by atomic mass is 19.1. The van der Waals surface area contributed by atoms with Crippen LogP contribution in [0, 0.1) is 11.6 Å². The van der Waals surface area contributed by atoms with Crippen molar-refractivity contribution in [3.8, 4) is 0 Å². The van der Waals surface area contributed by atoms with Gasteiger partial charge in [0.2, 0.25) is 0 Å². The number of hydrogen-bond donors (Lipinski definition) is 1. The minimum atomic E-state index is -1.04. The minimum absolute atomic E-state index is 0.254. The number of hydrogen-bond acceptors (Lipinski definition) is 1. The molecule has 1 aliphatic carbocycles. The molecule has 0 amide bonds. The lowest BCUT2D eigenvalue weighted by atomic mass is 9.76. The van der Waals surface area contributed by atoms with Crippen molar-refractivity contribution < 1.29 is 13.9 Å². The zero-order chi connectivity index (χ0) is 15.7. The summed E-state index contributed by atoms with van der Waals surface area (Å²) in [5.41, 5.74) is 2.13. The highest BCUT2D eigenvalue weighted by Crippen LogP contribution is 2.37. The third-order valence-corrected chi connectivity index (χ3v) is 4.55. The van der Waals surface area contributed by atoms with Crippen LogP contribution in [0.1, 0.15) is 42.0 Å². The van der Waals surface area contributed by atoms with Crippen LogP contribution < -0.4 is 0 Å². The SMILES string of the molecule is CCCc1ccc(C2(O)CCc3c(F)cc(F)cc3C2)cc1. The molecule has 1 N–H and O–H groups in total. The Morgan fingerprint density at radius 3 is 2.55 bits per heavy atom. The fraction of sp³-hybridized carbons (Fsp3) is 0.368. The zero-order valence-electron chi connectivity index (χ0n) is 12.7. The van der Waals surface area contributed by atoms with Crippen molar-refractivity contribution >= 4 is 0 Å². The maximum Gasteiger partial charge on any atom is 0.129 e. The zero-order valence-corrected chi connectivity index (χ0v) is 12.7. The monoisotopic (exact) mass is 302 g/mol. The van der Waals surface area contributed by atoms with Crippen LogP contribution in [0.5, 0.6) is 0 Å². The van der Waals surface area contributed by atoms with E-state index < -0.39 is 17.2 Å². The van der Waals surface area contributed by atoms with Gasteiger partial charge in [-0.05, 0) is 47.6 Å². The first-order chi connectivity index (χ1) is 10.5. The summed E-state index contributed by atoms with van der Waals surface area (Å²) in [6.07, 6.45) is 3.22. The van der Waals surface area contributed by atoms with E-state index in [1.807, 2.05) is 24.3 Å². The molecule has 3 heteroatoms. The van der Waals surface area contributed by atoms with E-state index in [0.29, 0.717) is 24.0 Å². The molecule has 1 atom stereocenters. The first-order valence-electron chi connectivity index (χ1n) is 7.80. The molecular weight excluding hydrogens is 282 g/mol. The molecule has 0 radical (unpaired) electrons. The van der Waals surface area contributed by atoms with Gasteiger partial charge in [-0.1, -0.05) is 37.6 Å². The Morgan fingerprint density at radius 2 is 1.86 bits per heavy atom. The highest BCUT2D eigenvalue weighted by molar-refractivity contribution is 5.37. The molecule has 116 valence electrons. The normalized spacial score (nSPS) is 20.7. The predicted molar refractivity (Wildman–Crippen MR) is 82.7 cm³/mol. The molecule has 2 aromatic rings. The summed E-state index contributed by atoms with van der Waals surface area (Å²) in [5.74, 6) is -1.09. The van der Waals surface area contributed by atoms with Gasteiger partial charge in [0, 0.05) is 12.5 Å². The van der Waals surface area contributed by atoms with Crippen LogP contribution in [0.3, 0.4) is 0 Å². The smallest absolute Gasteiger partial charge is 0.129 e. The van der Waals surface area contributed by atoms with E-state index in [9.17, 15) is 13.9 Å². The Hall–Kier alpha value is -1.74. The number of fused-ring (bicyclic) bond motifs is 1. The fourth-order valence-corrected chi connectivity index (χ4v) is 3.35. The van der Waals surface area contributed by atoms with Gasteiger partial charge in [0.1, 0.15) is 11.6 Å². The molecule has 0 bridgehead atoms. The Morgan fingerprint density at radius 1 is 1.14 bits per heavy atom. The average Bonchev–Trinajstić information content (AvgIpc) is 2.47. The molecule has 22 heavy (non-hydrogen) atoms. The maximum absolute atomic E-state index is 13.8. The molecule has 0 aliphatic heterocycles. The number of aliphatic hydroxyl groups is 1. The molecule has 1 aliphatic rings. The number of halogens is 2. The second-order valence-corrected chi connectivity index (χ2v) is 6.18. The lowest BCUT2D eigenvalue weighted by molar-refractivity contribution is 0.0216. The Labute approximate surface area is 129 Å². The molecule has 1 nitrogen and oxygen atoms in total. The van der Waals surface area contributed by atoms with E-state index in [2.05, 4.69) is 6.92 Å². The van der Waals surface area contributed by atoms with Crippen LogP contribution in [-0.4, -0.2) is 5.11 Å². The Bertz CT molecular complexity index is 679. The van der Waals surface area contributed by atoms with Gasteiger partial charge in [0.25, 0.3) is 0 Å².